The fourth-order valence-corrected chi connectivity index (χ4v) is 2.68. The summed E-state index contributed by atoms with van der Waals surface area (Å²) in [5.41, 5.74) is 0. The van der Waals surface area contributed by atoms with Crippen LogP contribution < -0.4 is 5.32 Å². The molecule has 2 fully saturated rings. The summed E-state index contributed by atoms with van der Waals surface area (Å²) in [4.78, 5) is 13.4. The minimum Gasteiger partial charge on any atom is -0.346 e. The van der Waals surface area contributed by atoms with Gasteiger partial charge in [0.05, 0.1) is 0 Å². The van der Waals surface area contributed by atoms with Crippen LogP contribution >= 0.6 is 0 Å². The molecule has 3 nitrogen and oxygen atoms in total. The molecule has 0 aliphatic carbocycles. The van der Waals surface area contributed by atoms with E-state index in [-0.39, 0.29) is 0 Å². The summed E-state index contributed by atoms with van der Waals surface area (Å²) < 4.78 is 0. The van der Waals surface area contributed by atoms with Crippen molar-refractivity contribution >= 4 is 5.91 Å². The summed E-state index contributed by atoms with van der Waals surface area (Å²) in [5.74, 6) is 1.81. The molecule has 0 spiro atoms. The van der Waals surface area contributed by atoms with E-state index >= 15 is 0 Å². The van der Waals surface area contributed by atoms with E-state index in [1.165, 1.54) is 19.3 Å². The first-order valence-corrected chi connectivity index (χ1v) is 5.72. The molecule has 0 saturated carbocycles. The lowest BCUT2D eigenvalue weighted by Crippen LogP contribution is -2.40. The van der Waals surface area contributed by atoms with E-state index in [9.17, 15) is 4.79 Å². The molecule has 2 aliphatic heterocycles. The molecular formula is C11H20N2O. The van der Waals surface area contributed by atoms with Gasteiger partial charge in [0.15, 0.2) is 0 Å². The highest BCUT2D eigenvalue weighted by molar-refractivity contribution is 5.76. The highest BCUT2D eigenvalue weighted by Crippen LogP contribution is 2.30. The van der Waals surface area contributed by atoms with E-state index in [0.29, 0.717) is 11.8 Å². The first-order chi connectivity index (χ1) is 6.77. The van der Waals surface area contributed by atoms with Crippen LogP contribution in [0.4, 0.5) is 0 Å². The van der Waals surface area contributed by atoms with Crippen LogP contribution in [0.25, 0.3) is 0 Å². The van der Waals surface area contributed by atoms with Gasteiger partial charge in [-0.2, -0.15) is 0 Å². The maximum atomic E-state index is 11.6. The molecule has 1 N–H and O–H groups in total. The number of hydrogen-bond donors (Lipinski definition) is 1. The minimum absolute atomic E-state index is 0.347. The number of nitrogens with zero attached hydrogens (tertiary/aromatic N) is 1. The molecule has 1 atom stereocenters. The Hall–Kier alpha value is -0.570. The van der Waals surface area contributed by atoms with Crippen LogP contribution in [0.2, 0.25) is 0 Å². The van der Waals surface area contributed by atoms with E-state index in [0.717, 1.165) is 32.0 Å². The third-order valence-electron chi connectivity index (χ3n) is 3.75. The Balaban J connectivity index is 1.88. The molecule has 0 unspecified atom stereocenters. The van der Waals surface area contributed by atoms with E-state index in [2.05, 4.69) is 5.32 Å². The fourth-order valence-electron chi connectivity index (χ4n) is 2.68. The number of nitrogens with one attached hydrogen (secondary N) is 1. The van der Waals surface area contributed by atoms with Crippen molar-refractivity contribution in [3.8, 4) is 0 Å². The van der Waals surface area contributed by atoms with Crippen molar-refractivity contribution in [2.24, 2.45) is 11.8 Å². The molecule has 0 bridgehead atoms. The van der Waals surface area contributed by atoms with Gasteiger partial charge in [-0.1, -0.05) is 0 Å². The van der Waals surface area contributed by atoms with E-state index in [1.807, 2.05) is 11.9 Å². The molecule has 1 amide bonds. The number of carbonyl (C=O) groups is 1. The molecule has 2 rings (SSSR count). The number of likely N-dealkylation sites (tertiary alicyclic amines) is 1. The summed E-state index contributed by atoms with van der Waals surface area (Å²) >= 11 is 0. The van der Waals surface area contributed by atoms with Gasteiger partial charge in [-0.15, -0.1) is 0 Å². The largest absolute Gasteiger partial charge is 0.346 e. The zero-order chi connectivity index (χ0) is 9.97. The molecular weight excluding hydrogens is 176 g/mol. The fraction of sp³-hybridized carbons (Fsp3) is 0.909. The van der Waals surface area contributed by atoms with Crippen molar-refractivity contribution in [1.29, 1.82) is 0 Å². The predicted octanol–water partition coefficient (Wildman–Crippen LogP) is 0.854. The second kappa shape index (κ2) is 4.30. The van der Waals surface area contributed by atoms with E-state index in [1.54, 1.807) is 0 Å². The molecule has 0 radical (unpaired) electrons. The highest BCUT2D eigenvalue weighted by atomic mass is 16.2. The third kappa shape index (κ3) is 2.08. The molecule has 14 heavy (non-hydrogen) atoms. The lowest BCUT2D eigenvalue weighted by atomic mass is 9.79. The average molecular weight is 196 g/mol. The SMILES string of the molecule is CN1CC[C@@H](C2CCNCC2)CC1=O. The van der Waals surface area contributed by atoms with Gasteiger partial charge in [0.2, 0.25) is 5.91 Å². The average Bonchev–Trinajstić information content (AvgIpc) is 2.23. The number of rotatable bonds is 1. The van der Waals surface area contributed by atoms with Crippen LogP contribution in [0.15, 0.2) is 0 Å². The summed E-state index contributed by atoms with van der Waals surface area (Å²) in [6.45, 7) is 3.25. The Morgan fingerprint density at radius 1 is 1.21 bits per heavy atom. The van der Waals surface area contributed by atoms with Gasteiger partial charge in [0.1, 0.15) is 0 Å². The number of hydrogen-bond acceptors (Lipinski definition) is 2. The quantitative estimate of drug-likeness (QED) is 0.674. The first-order valence-electron chi connectivity index (χ1n) is 5.72. The molecule has 2 saturated heterocycles. The molecule has 3 heteroatoms. The summed E-state index contributed by atoms with van der Waals surface area (Å²) in [6.07, 6.45) is 4.54. The van der Waals surface area contributed by atoms with Crippen molar-refractivity contribution in [1.82, 2.24) is 10.2 Å². The second-order valence-corrected chi connectivity index (χ2v) is 4.66. The molecule has 0 aromatic heterocycles. The topological polar surface area (TPSA) is 32.3 Å². The Morgan fingerprint density at radius 2 is 1.93 bits per heavy atom. The normalized spacial score (nSPS) is 30.8. The summed E-state index contributed by atoms with van der Waals surface area (Å²) in [6, 6.07) is 0. The first kappa shape index (κ1) is 9.97. The predicted molar refractivity (Wildman–Crippen MR) is 56.0 cm³/mol. The minimum atomic E-state index is 0.347. The molecule has 0 aromatic carbocycles. The van der Waals surface area contributed by atoms with Crippen LogP contribution in [0, 0.1) is 11.8 Å². The maximum Gasteiger partial charge on any atom is 0.222 e. The Labute approximate surface area is 85.8 Å². The van der Waals surface area contributed by atoms with Gasteiger partial charge in [-0.05, 0) is 44.2 Å². The Kier molecular flexibility index (Phi) is 3.06. The summed E-state index contributed by atoms with van der Waals surface area (Å²) in [7, 11) is 1.92. The zero-order valence-electron chi connectivity index (χ0n) is 8.96. The smallest absolute Gasteiger partial charge is 0.222 e. The number of carbonyl (C=O) groups excluding carboxylic acids is 1. The molecule has 80 valence electrons. The highest BCUT2D eigenvalue weighted by Gasteiger charge is 2.30. The lowest BCUT2D eigenvalue weighted by molar-refractivity contribution is -0.134. The van der Waals surface area contributed by atoms with Crippen LogP contribution in [0.1, 0.15) is 25.7 Å². The van der Waals surface area contributed by atoms with Crippen molar-refractivity contribution in [2.75, 3.05) is 26.7 Å². The van der Waals surface area contributed by atoms with Gasteiger partial charge >= 0.3 is 0 Å². The Bertz CT molecular complexity index is 211. The Morgan fingerprint density at radius 3 is 2.57 bits per heavy atom. The number of amides is 1. The van der Waals surface area contributed by atoms with Gasteiger partial charge in [0.25, 0.3) is 0 Å². The third-order valence-corrected chi connectivity index (χ3v) is 3.75. The van der Waals surface area contributed by atoms with Crippen molar-refractivity contribution in [3.63, 3.8) is 0 Å². The van der Waals surface area contributed by atoms with Gasteiger partial charge in [-0.25, -0.2) is 0 Å². The summed E-state index contributed by atoms with van der Waals surface area (Å²) in [5, 5.41) is 3.38. The van der Waals surface area contributed by atoms with Gasteiger partial charge in [-0.3, -0.25) is 4.79 Å². The molecule has 0 aromatic rings. The molecule has 2 aliphatic rings. The van der Waals surface area contributed by atoms with Crippen molar-refractivity contribution in [3.05, 3.63) is 0 Å². The van der Waals surface area contributed by atoms with Crippen LogP contribution in [0.3, 0.4) is 0 Å². The zero-order valence-corrected chi connectivity index (χ0v) is 8.96. The second-order valence-electron chi connectivity index (χ2n) is 4.66. The van der Waals surface area contributed by atoms with Crippen LogP contribution in [-0.4, -0.2) is 37.5 Å². The lowest BCUT2D eigenvalue weighted by Gasteiger charge is -2.35. The van der Waals surface area contributed by atoms with E-state index in [4.69, 9.17) is 0 Å². The van der Waals surface area contributed by atoms with E-state index < -0.39 is 0 Å². The van der Waals surface area contributed by atoms with Gasteiger partial charge in [0, 0.05) is 20.0 Å². The van der Waals surface area contributed by atoms with Gasteiger partial charge < -0.3 is 10.2 Å². The monoisotopic (exact) mass is 196 g/mol. The van der Waals surface area contributed by atoms with Crippen molar-refractivity contribution < 1.29 is 4.79 Å². The maximum absolute atomic E-state index is 11.6. The standard InChI is InChI=1S/C11H20N2O/c1-13-7-4-10(8-11(13)14)9-2-5-12-6-3-9/h9-10,12H,2-8H2,1H3/t10-/m1/s1. The number of piperidine rings is 2. The molecule has 2 heterocycles. The van der Waals surface area contributed by atoms with Crippen LogP contribution in [-0.2, 0) is 4.79 Å². The van der Waals surface area contributed by atoms with Crippen LogP contribution in [0.5, 0.6) is 0 Å². The van der Waals surface area contributed by atoms with Crippen molar-refractivity contribution in [2.45, 2.75) is 25.7 Å².